The average molecular weight is 289 g/mol. The number of hydrogen-bond acceptors (Lipinski definition) is 2. The Hall–Kier alpha value is -1.35. The summed E-state index contributed by atoms with van der Waals surface area (Å²) in [5, 5.41) is 3.12. The molecule has 1 aliphatic rings. The number of rotatable bonds is 9. The summed E-state index contributed by atoms with van der Waals surface area (Å²) in [5.41, 5.74) is 2.67. The van der Waals surface area contributed by atoms with Gasteiger partial charge in [0.05, 0.1) is 12.1 Å². The van der Waals surface area contributed by atoms with Gasteiger partial charge < -0.3 is 10.1 Å². The summed E-state index contributed by atoms with van der Waals surface area (Å²) in [6.45, 7) is 2.83. The molecule has 1 saturated carbocycles. The van der Waals surface area contributed by atoms with Gasteiger partial charge in [-0.05, 0) is 43.2 Å². The predicted octanol–water partition coefficient (Wildman–Crippen LogP) is 3.26. The molecule has 0 radical (unpaired) electrons. The lowest BCUT2D eigenvalue weighted by Crippen LogP contribution is -2.40. The maximum Gasteiger partial charge on any atom is 0.220 e. The van der Waals surface area contributed by atoms with Crippen molar-refractivity contribution in [3.05, 3.63) is 35.4 Å². The quantitative estimate of drug-likeness (QED) is 0.758. The molecular weight excluding hydrogens is 262 g/mol. The van der Waals surface area contributed by atoms with Crippen LogP contribution >= 0.6 is 0 Å². The van der Waals surface area contributed by atoms with E-state index in [0.717, 1.165) is 32.1 Å². The van der Waals surface area contributed by atoms with E-state index in [2.05, 4.69) is 36.5 Å². The second-order valence-electron chi connectivity index (χ2n) is 6.18. The summed E-state index contributed by atoms with van der Waals surface area (Å²) < 4.78 is 5.16. The highest BCUT2D eigenvalue weighted by atomic mass is 16.5. The molecule has 1 fully saturated rings. The first-order valence-electron chi connectivity index (χ1n) is 8.05. The molecule has 0 saturated heterocycles. The number of aryl methyl sites for hydroxylation is 2. The molecule has 116 valence electrons. The van der Waals surface area contributed by atoms with Crippen LogP contribution in [0.3, 0.4) is 0 Å². The van der Waals surface area contributed by atoms with Crippen LogP contribution in [0, 0.1) is 0 Å². The molecule has 2 rings (SSSR count). The Morgan fingerprint density at radius 1 is 1.19 bits per heavy atom. The van der Waals surface area contributed by atoms with Gasteiger partial charge in [0.1, 0.15) is 0 Å². The summed E-state index contributed by atoms with van der Waals surface area (Å²) in [6.07, 6.45) is 6.89. The van der Waals surface area contributed by atoms with Crippen LogP contribution in [-0.2, 0) is 22.4 Å². The molecule has 1 aliphatic carbocycles. The van der Waals surface area contributed by atoms with Gasteiger partial charge in [-0.15, -0.1) is 0 Å². The van der Waals surface area contributed by atoms with Crippen LogP contribution in [0.25, 0.3) is 0 Å². The van der Waals surface area contributed by atoms with Gasteiger partial charge in [0, 0.05) is 13.5 Å². The van der Waals surface area contributed by atoms with Crippen LogP contribution in [0.4, 0.5) is 0 Å². The smallest absolute Gasteiger partial charge is 0.220 e. The lowest BCUT2D eigenvalue weighted by atomic mass is 10.0. The zero-order valence-electron chi connectivity index (χ0n) is 13.3. The fourth-order valence-corrected chi connectivity index (χ4v) is 2.71. The van der Waals surface area contributed by atoms with E-state index in [0.29, 0.717) is 13.0 Å². The summed E-state index contributed by atoms with van der Waals surface area (Å²) in [6, 6.07) is 8.79. The van der Waals surface area contributed by atoms with Crippen molar-refractivity contribution in [2.24, 2.45) is 0 Å². The number of benzene rings is 1. The Labute approximate surface area is 128 Å². The maximum atomic E-state index is 11.9. The monoisotopic (exact) mass is 289 g/mol. The molecule has 1 amide bonds. The summed E-state index contributed by atoms with van der Waals surface area (Å²) in [7, 11) is 1.69. The van der Waals surface area contributed by atoms with Gasteiger partial charge in [0.25, 0.3) is 0 Å². The fraction of sp³-hybridized carbons (Fsp3) is 0.611. The highest BCUT2D eigenvalue weighted by molar-refractivity contribution is 5.77. The van der Waals surface area contributed by atoms with Crippen molar-refractivity contribution < 1.29 is 9.53 Å². The van der Waals surface area contributed by atoms with E-state index in [-0.39, 0.29) is 11.4 Å². The zero-order chi connectivity index (χ0) is 15.1. The molecule has 0 spiro atoms. The van der Waals surface area contributed by atoms with Crippen LogP contribution in [0.5, 0.6) is 0 Å². The van der Waals surface area contributed by atoms with Crippen molar-refractivity contribution in [2.45, 2.75) is 57.4 Å². The van der Waals surface area contributed by atoms with E-state index < -0.39 is 0 Å². The van der Waals surface area contributed by atoms with Crippen molar-refractivity contribution in [3.8, 4) is 0 Å². The normalized spacial score (nSPS) is 15.7. The Morgan fingerprint density at radius 3 is 2.33 bits per heavy atom. The van der Waals surface area contributed by atoms with Crippen LogP contribution in [0.1, 0.15) is 50.2 Å². The first kappa shape index (κ1) is 16.0. The van der Waals surface area contributed by atoms with Crippen molar-refractivity contribution in [2.75, 3.05) is 13.7 Å². The van der Waals surface area contributed by atoms with Gasteiger partial charge >= 0.3 is 0 Å². The third-order valence-electron chi connectivity index (χ3n) is 4.11. The molecule has 1 N–H and O–H groups in total. The number of ether oxygens (including phenoxy) is 1. The minimum absolute atomic E-state index is 0.0480. The summed E-state index contributed by atoms with van der Waals surface area (Å²) >= 11 is 0. The SMILES string of the molecule is CCCc1ccc(CCCC(=O)NC2(COC)CC2)cc1. The minimum atomic E-state index is -0.0480. The number of amides is 1. The molecule has 3 nitrogen and oxygen atoms in total. The molecule has 3 heteroatoms. The molecule has 0 aliphatic heterocycles. The number of methoxy groups -OCH3 is 1. The van der Waals surface area contributed by atoms with Crippen LogP contribution < -0.4 is 5.32 Å². The Kier molecular flexibility index (Phi) is 5.80. The second kappa shape index (κ2) is 7.60. The largest absolute Gasteiger partial charge is 0.382 e. The van der Waals surface area contributed by atoms with Gasteiger partial charge in [0.15, 0.2) is 0 Å². The minimum Gasteiger partial charge on any atom is -0.382 e. The second-order valence-corrected chi connectivity index (χ2v) is 6.18. The lowest BCUT2D eigenvalue weighted by molar-refractivity contribution is -0.122. The zero-order valence-corrected chi connectivity index (χ0v) is 13.3. The predicted molar refractivity (Wildman–Crippen MR) is 85.4 cm³/mol. The van der Waals surface area contributed by atoms with Crippen LogP contribution in [0.2, 0.25) is 0 Å². The highest BCUT2D eigenvalue weighted by Gasteiger charge is 2.43. The van der Waals surface area contributed by atoms with Gasteiger partial charge in [-0.2, -0.15) is 0 Å². The molecule has 1 aromatic rings. The molecule has 0 bridgehead atoms. The van der Waals surface area contributed by atoms with E-state index in [1.54, 1.807) is 7.11 Å². The molecule has 0 aromatic heterocycles. The van der Waals surface area contributed by atoms with Crippen molar-refractivity contribution in [1.82, 2.24) is 5.32 Å². The first-order valence-corrected chi connectivity index (χ1v) is 8.05. The molecule has 0 atom stereocenters. The lowest BCUT2D eigenvalue weighted by Gasteiger charge is -2.16. The molecular formula is C18H27NO2. The van der Waals surface area contributed by atoms with Crippen molar-refractivity contribution >= 4 is 5.91 Å². The summed E-state index contributed by atoms with van der Waals surface area (Å²) in [5.74, 6) is 0.159. The third-order valence-corrected chi connectivity index (χ3v) is 4.11. The Bertz CT molecular complexity index is 449. The van der Waals surface area contributed by atoms with Gasteiger partial charge in [-0.25, -0.2) is 0 Å². The topological polar surface area (TPSA) is 38.3 Å². The van der Waals surface area contributed by atoms with Crippen LogP contribution in [0.15, 0.2) is 24.3 Å². The molecule has 0 heterocycles. The Balaban J connectivity index is 1.68. The number of carbonyl (C=O) groups is 1. The van der Waals surface area contributed by atoms with Crippen LogP contribution in [-0.4, -0.2) is 25.2 Å². The number of nitrogens with one attached hydrogen (secondary N) is 1. The molecule has 1 aromatic carbocycles. The van der Waals surface area contributed by atoms with Gasteiger partial charge in [-0.1, -0.05) is 37.6 Å². The van der Waals surface area contributed by atoms with E-state index in [1.807, 2.05) is 0 Å². The van der Waals surface area contributed by atoms with Crippen molar-refractivity contribution in [1.29, 1.82) is 0 Å². The highest BCUT2D eigenvalue weighted by Crippen LogP contribution is 2.35. The van der Waals surface area contributed by atoms with Gasteiger partial charge in [0.2, 0.25) is 5.91 Å². The fourth-order valence-electron chi connectivity index (χ4n) is 2.71. The number of carbonyl (C=O) groups excluding carboxylic acids is 1. The third kappa shape index (κ3) is 5.16. The molecule has 0 unspecified atom stereocenters. The number of hydrogen-bond donors (Lipinski definition) is 1. The van der Waals surface area contributed by atoms with Crippen molar-refractivity contribution in [3.63, 3.8) is 0 Å². The maximum absolute atomic E-state index is 11.9. The summed E-state index contributed by atoms with van der Waals surface area (Å²) in [4.78, 5) is 11.9. The van der Waals surface area contributed by atoms with E-state index in [9.17, 15) is 4.79 Å². The Morgan fingerprint density at radius 2 is 1.81 bits per heavy atom. The molecule has 21 heavy (non-hydrogen) atoms. The standard InChI is InChI=1S/C18H27NO2/c1-3-5-15-8-10-16(11-9-15)6-4-7-17(20)19-18(12-13-18)14-21-2/h8-11H,3-7,12-14H2,1-2H3,(H,19,20). The first-order chi connectivity index (χ1) is 10.2. The van der Waals surface area contributed by atoms with Gasteiger partial charge in [-0.3, -0.25) is 4.79 Å². The van der Waals surface area contributed by atoms with E-state index >= 15 is 0 Å². The van der Waals surface area contributed by atoms with E-state index in [4.69, 9.17) is 4.74 Å². The van der Waals surface area contributed by atoms with E-state index in [1.165, 1.54) is 17.5 Å². The average Bonchev–Trinajstić information content (AvgIpc) is 3.21.